The lowest BCUT2D eigenvalue weighted by molar-refractivity contribution is -0.932. The summed E-state index contributed by atoms with van der Waals surface area (Å²) >= 11 is 0. The van der Waals surface area contributed by atoms with E-state index < -0.39 is 0 Å². The smallest absolute Gasteiger partial charge is 0.282 e. The molecule has 160 valence electrons. The van der Waals surface area contributed by atoms with Gasteiger partial charge in [-0.05, 0) is 49.4 Å². The second-order valence-electron chi connectivity index (χ2n) is 7.60. The Labute approximate surface area is 177 Å². The van der Waals surface area contributed by atoms with Crippen molar-refractivity contribution in [2.24, 2.45) is 0 Å². The lowest BCUT2D eigenvalue weighted by Crippen LogP contribution is -3.15. The molecular weight excluding hydrogens is 382 g/mol. The highest BCUT2D eigenvalue weighted by molar-refractivity contribution is 5.94. The van der Waals surface area contributed by atoms with E-state index in [1.165, 1.54) is 11.8 Å². The second-order valence-corrected chi connectivity index (χ2v) is 7.60. The monoisotopic (exact) mass is 412 g/mol. The molecule has 3 atom stereocenters. The maximum atomic E-state index is 13.0. The highest BCUT2D eigenvalue weighted by Crippen LogP contribution is 2.32. The number of carbonyl (C=O) groups is 2. The molecule has 1 saturated heterocycles. The van der Waals surface area contributed by atoms with Gasteiger partial charge >= 0.3 is 0 Å². The first kappa shape index (κ1) is 21.6. The summed E-state index contributed by atoms with van der Waals surface area (Å²) in [5, 5.41) is 5.71. The van der Waals surface area contributed by atoms with Crippen LogP contribution in [-0.4, -0.2) is 38.6 Å². The number of benzene rings is 2. The summed E-state index contributed by atoms with van der Waals surface area (Å²) in [5.41, 5.74) is 2.47. The summed E-state index contributed by atoms with van der Waals surface area (Å²) in [5.74, 6) is 1.44. The molecule has 0 saturated carbocycles. The van der Waals surface area contributed by atoms with E-state index in [1.54, 1.807) is 38.5 Å². The molecule has 2 aromatic carbocycles. The van der Waals surface area contributed by atoms with E-state index in [2.05, 4.69) is 10.6 Å². The normalized spacial score (nSPS) is 19.1. The highest BCUT2D eigenvalue weighted by Gasteiger charge is 2.38. The van der Waals surface area contributed by atoms with Gasteiger partial charge in [0.2, 0.25) is 5.91 Å². The quantitative estimate of drug-likeness (QED) is 0.652. The summed E-state index contributed by atoms with van der Waals surface area (Å²) in [6, 6.07) is 12.9. The van der Waals surface area contributed by atoms with Gasteiger partial charge in [-0.1, -0.05) is 0 Å². The molecule has 2 amide bonds. The van der Waals surface area contributed by atoms with Crippen molar-refractivity contribution in [1.29, 1.82) is 0 Å². The van der Waals surface area contributed by atoms with Crippen molar-refractivity contribution in [2.45, 2.75) is 38.8 Å². The average Bonchev–Trinajstić information content (AvgIpc) is 3.23. The number of likely N-dealkylation sites (tertiary alicyclic amines) is 1. The molecule has 0 radical (unpaired) electrons. The van der Waals surface area contributed by atoms with Crippen LogP contribution in [0.4, 0.5) is 11.4 Å². The topological polar surface area (TPSA) is 81.1 Å². The molecular formula is C23H30N3O4+. The van der Waals surface area contributed by atoms with Gasteiger partial charge in [0.1, 0.15) is 17.5 Å². The van der Waals surface area contributed by atoms with Gasteiger partial charge in [0.15, 0.2) is 6.04 Å². The van der Waals surface area contributed by atoms with Crippen LogP contribution in [0.5, 0.6) is 11.5 Å². The van der Waals surface area contributed by atoms with E-state index in [1.807, 2.05) is 25.1 Å². The molecule has 2 aromatic rings. The summed E-state index contributed by atoms with van der Waals surface area (Å²) < 4.78 is 11.0. The van der Waals surface area contributed by atoms with Crippen molar-refractivity contribution in [3.63, 3.8) is 0 Å². The van der Waals surface area contributed by atoms with Gasteiger partial charge in [0.25, 0.3) is 5.91 Å². The fourth-order valence-electron chi connectivity index (χ4n) is 4.11. The van der Waals surface area contributed by atoms with Crippen LogP contribution in [-0.2, 0) is 9.59 Å². The molecule has 1 heterocycles. The Bertz CT molecular complexity index is 898. The largest absolute Gasteiger partial charge is 0.497 e. The second kappa shape index (κ2) is 9.63. The predicted octanol–water partition coefficient (Wildman–Crippen LogP) is 2.41. The average molecular weight is 413 g/mol. The third-order valence-electron chi connectivity index (χ3n) is 5.64. The zero-order valence-corrected chi connectivity index (χ0v) is 18.0. The third-order valence-corrected chi connectivity index (χ3v) is 5.64. The summed E-state index contributed by atoms with van der Waals surface area (Å²) in [6.07, 6.45) is 2.03. The Morgan fingerprint density at radius 1 is 1.03 bits per heavy atom. The molecule has 0 spiro atoms. The van der Waals surface area contributed by atoms with Gasteiger partial charge in [0, 0.05) is 31.1 Å². The van der Waals surface area contributed by atoms with Crippen molar-refractivity contribution in [3.05, 3.63) is 48.0 Å². The highest BCUT2D eigenvalue weighted by atomic mass is 16.5. The van der Waals surface area contributed by atoms with Gasteiger partial charge in [0.05, 0.1) is 26.3 Å². The fourth-order valence-corrected chi connectivity index (χ4v) is 4.11. The molecule has 3 rings (SSSR count). The number of quaternary nitrogens is 1. The van der Waals surface area contributed by atoms with Crippen molar-refractivity contribution in [2.75, 3.05) is 31.4 Å². The van der Waals surface area contributed by atoms with Gasteiger partial charge < -0.3 is 25.0 Å². The number of hydrogen-bond donors (Lipinski definition) is 3. The fraction of sp³-hybridized carbons (Fsp3) is 0.391. The molecule has 7 heteroatoms. The van der Waals surface area contributed by atoms with Gasteiger partial charge in [-0.3, -0.25) is 9.59 Å². The van der Waals surface area contributed by atoms with Crippen LogP contribution in [0.15, 0.2) is 42.5 Å². The van der Waals surface area contributed by atoms with Crippen LogP contribution in [0, 0.1) is 0 Å². The minimum atomic E-state index is -0.233. The molecule has 1 unspecified atom stereocenters. The summed E-state index contributed by atoms with van der Waals surface area (Å²) in [4.78, 5) is 25.3. The zero-order valence-electron chi connectivity index (χ0n) is 18.0. The number of anilines is 2. The molecule has 0 aliphatic carbocycles. The first-order valence-electron chi connectivity index (χ1n) is 10.2. The van der Waals surface area contributed by atoms with Crippen LogP contribution in [0.1, 0.15) is 38.3 Å². The number of nitrogens with one attached hydrogen (secondary N) is 3. The van der Waals surface area contributed by atoms with Crippen LogP contribution >= 0.6 is 0 Å². The summed E-state index contributed by atoms with van der Waals surface area (Å²) in [6.45, 7) is 4.34. The van der Waals surface area contributed by atoms with E-state index >= 15 is 0 Å². The zero-order chi connectivity index (χ0) is 21.7. The summed E-state index contributed by atoms with van der Waals surface area (Å²) in [7, 11) is 3.32. The number of carbonyl (C=O) groups excluding carboxylic acids is 2. The van der Waals surface area contributed by atoms with Gasteiger partial charge in [-0.25, -0.2) is 0 Å². The minimum Gasteiger partial charge on any atom is -0.497 e. The SMILES string of the molecule is COc1ccc(OC)c([C@H]2CCC[NH+]2[C@@H](C)C(=O)Nc2ccc(NC(C)=O)cc2)c1. The molecule has 1 fully saturated rings. The maximum absolute atomic E-state index is 13.0. The Morgan fingerprint density at radius 3 is 2.30 bits per heavy atom. The lowest BCUT2D eigenvalue weighted by Gasteiger charge is -2.28. The standard InChI is InChI=1S/C23H29N3O4/c1-15(23(28)25-18-9-7-17(8-10-18)24-16(2)27)26-13-5-6-21(26)20-14-19(29-3)11-12-22(20)30-4/h7-12,14-15,21H,5-6,13H2,1-4H3,(H,24,27)(H,25,28)/p+1/t15-,21+/m0/s1. The van der Waals surface area contributed by atoms with Crippen molar-refractivity contribution >= 4 is 23.2 Å². The number of methoxy groups -OCH3 is 2. The van der Waals surface area contributed by atoms with E-state index in [0.29, 0.717) is 11.4 Å². The Kier molecular flexibility index (Phi) is 6.95. The molecule has 30 heavy (non-hydrogen) atoms. The molecule has 1 aliphatic heterocycles. The van der Waals surface area contributed by atoms with Crippen molar-refractivity contribution in [3.8, 4) is 11.5 Å². The Balaban J connectivity index is 1.73. The number of ether oxygens (including phenoxy) is 2. The van der Waals surface area contributed by atoms with Crippen LogP contribution in [0.2, 0.25) is 0 Å². The van der Waals surface area contributed by atoms with Crippen LogP contribution in [0.25, 0.3) is 0 Å². The number of rotatable bonds is 7. The number of amides is 2. The molecule has 1 aliphatic rings. The first-order valence-corrected chi connectivity index (χ1v) is 10.2. The molecule has 7 nitrogen and oxygen atoms in total. The van der Waals surface area contributed by atoms with E-state index in [4.69, 9.17) is 9.47 Å². The molecule has 0 bridgehead atoms. The van der Waals surface area contributed by atoms with Gasteiger partial charge in [-0.2, -0.15) is 0 Å². The minimum absolute atomic E-state index is 0.0361. The van der Waals surface area contributed by atoms with Crippen LogP contribution < -0.4 is 25.0 Å². The van der Waals surface area contributed by atoms with Crippen LogP contribution in [0.3, 0.4) is 0 Å². The third kappa shape index (κ3) is 4.91. The Hall–Kier alpha value is -3.06. The number of hydrogen-bond acceptors (Lipinski definition) is 4. The molecule has 3 N–H and O–H groups in total. The lowest BCUT2D eigenvalue weighted by atomic mass is 10.0. The molecule has 0 aromatic heterocycles. The maximum Gasteiger partial charge on any atom is 0.282 e. The van der Waals surface area contributed by atoms with E-state index in [-0.39, 0.29) is 23.9 Å². The van der Waals surface area contributed by atoms with Gasteiger partial charge in [-0.15, -0.1) is 0 Å². The van der Waals surface area contributed by atoms with E-state index in [9.17, 15) is 9.59 Å². The van der Waals surface area contributed by atoms with Crippen molar-refractivity contribution in [1.82, 2.24) is 0 Å². The predicted molar refractivity (Wildman–Crippen MR) is 116 cm³/mol. The van der Waals surface area contributed by atoms with E-state index in [0.717, 1.165) is 36.4 Å². The Morgan fingerprint density at radius 2 is 1.70 bits per heavy atom. The first-order chi connectivity index (χ1) is 14.4. The van der Waals surface area contributed by atoms with Crippen molar-refractivity contribution < 1.29 is 24.0 Å².